The zero-order valence-corrected chi connectivity index (χ0v) is 9.98. The first-order chi connectivity index (χ1) is 8.02. The Morgan fingerprint density at radius 2 is 2.24 bits per heavy atom. The largest absolute Gasteiger partial charge is 0.479 e. The molecule has 6 heteroatoms. The fraction of sp³-hybridized carbons (Fsp3) is 0.818. The van der Waals surface area contributed by atoms with E-state index in [0.29, 0.717) is 0 Å². The van der Waals surface area contributed by atoms with Crippen molar-refractivity contribution < 1.29 is 19.8 Å². The smallest absolute Gasteiger partial charge is 0.332 e. The summed E-state index contributed by atoms with van der Waals surface area (Å²) in [6.07, 6.45) is 0.709. The molecule has 2 unspecified atom stereocenters. The van der Waals surface area contributed by atoms with Crippen molar-refractivity contribution in [3.05, 3.63) is 0 Å². The molecule has 1 fully saturated rings. The highest BCUT2D eigenvalue weighted by molar-refractivity contribution is 5.82. The minimum Gasteiger partial charge on any atom is -0.479 e. The Hall–Kier alpha value is -1.14. The molecule has 1 heterocycles. The molecule has 3 atom stereocenters. The van der Waals surface area contributed by atoms with Gasteiger partial charge in [0.2, 0.25) is 5.91 Å². The van der Waals surface area contributed by atoms with Crippen LogP contribution in [-0.4, -0.2) is 47.3 Å². The molecule has 0 radical (unpaired) electrons. The number of aliphatic hydroxyl groups is 1. The van der Waals surface area contributed by atoms with Gasteiger partial charge in [0.1, 0.15) is 0 Å². The first-order valence-electron chi connectivity index (χ1n) is 5.94. The number of hydrogen-bond donors (Lipinski definition) is 4. The van der Waals surface area contributed by atoms with Gasteiger partial charge in [0.05, 0.1) is 6.04 Å². The van der Waals surface area contributed by atoms with E-state index in [-0.39, 0.29) is 30.8 Å². The molecule has 0 aromatic carbocycles. The lowest BCUT2D eigenvalue weighted by Crippen LogP contribution is -2.51. The van der Waals surface area contributed by atoms with E-state index in [1.165, 1.54) is 0 Å². The fourth-order valence-corrected chi connectivity index (χ4v) is 1.97. The summed E-state index contributed by atoms with van der Waals surface area (Å²) in [5.41, 5.74) is 0. The van der Waals surface area contributed by atoms with Crippen LogP contribution in [0.1, 0.15) is 26.2 Å². The van der Waals surface area contributed by atoms with Crippen molar-refractivity contribution >= 4 is 11.9 Å². The van der Waals surface area contributed by atoms with Gasteiger partial charge in [-0.2, -0.15) is 0 Å². The predicted octanol–water partition coefficient (Wildman–Crippen LogP) is -0.674. The van der Waals surface area contributed by atoms with E-state index in [1.807, 2.05) is 6.92 Å². The van der Waals surface area contributed by atoms with Gasteiger partial charge in [-0.15, -0.1) is 0 Å². The summed E-state index contributed by atoms with van der Waals surface area (Å²) in [5, 5.41) is 23.3. The molecule has 0 bridgehead atoms. The topological polar surface area (TPSA) is 98.7 Å². The maximum absolute atomic E-state index is 11.8. The molecule has 0 aromatic rings. The van der Waals surface area contributed by atoms with Crippen LogP contribution in [0.5, 0.6) is 0 Å². The molecular formula is C11H20N2O4. The zero-order valence-electron chi connectivity index (χ0n) is 9.98. The number of piperidine rings is 1. The number of carboxylic acid groups (broad SMARTS) is 1. The van der Waals surface area contributed by atoms with Gasteiger partial charge in [0.15, 0.2) is 6.10 Å². The summed E-state index contributed by atoms with van der Waals surface area (Å²) in [7, 11) is 0. The standard InChI is InChI=1S/C11H20N2O4/c1-7-3-2-5-12-9(7)10(15)13-6-4-8(14)11(16)17/h7-9,12,14H,2-6H2,1H3,(H,13,15)(H,16,17)/t7?,8-,9?/m0/s1. The molecule has 1 amide bonds. The van der Waals surface area contributed by atoms with Crippen LogP contribution < -0.4 is 10.6 Å². The number of rotatable bonds is 5. The highest BCUT2D eigenvalue weighted by atomic mass is 16.4. The van der Waals surface area contributed by atoms with Crippen LogP contribution in [0.4, 0.5) is 0 Å². The molecular weight excluding hydrogens is 224 g/mol. The second kappa shape index (κ2) is 6.56. The number of carbonyl (C=O) groups excluding carboxylic acids is 1. The normalized spacial score (nSPS) is 26.2. The van der Waals surface area contributed by atoms with Crippen molar-refractivity contribution in [1.82, 2.24) is 10.6 Å². The molecule has 0 aliphatic carbocycles. The van der Waals surface area contributed by atoms with Gasteiger partial charge in [-0.1, -0.05) is 6.92 Å². The Morgan fingerprint density at radius 1 is 1.53 bits per heavy atom. The molecule has 0 spiro atoms. The second-order valence-electron chi connectivity index (χ2n) is 4.49. The van der Waals surface area contributed by atoms with Gasteiger partial charge < -0.3 is 20.8 Å². The molecule has 1 rings (SSSR count). The third kappa shape index (κ3) is 4.32. The maximum atomic E-state index is 11.8. The number of aliphatic carboxylic acids is 1. The summed E-state index contributed by atoms with van der Waals surface area (Å²) in [5.74, 6) is -1.09. The van der Waals surface area contributed by atoms with Crippen LogP contribution in [0.15, 0.2) is 0 Å². The van der Waals surface area contributed by atoms with E-state index in [9.17, 15) is 9.59 Å². The van der Waals surface area contributed by atoms with E-state index in [4.69, 9.17) is 10.2 Å². The van der Waals surface area contributed by atoms with Crippen LogP contribution in [0.25, 0.3) is 0 Å². The van der Waals surface area contributed by atoms with Crippen molar-refractivity contribution in [3.63, 3.8) is 0 Å². The molecule has 1 aliphatic rings. The molecule has 17 heavy (non-hydrogen) atoms. The monoisotopic (exact) mass is 244 g/mol. The van der Waals surface area contributed by atoms with E-state index in [1.54, 1.807) is 0 Å². The van der Waals surface area contributed by atoms with Crippen LogP contribution >= 0.6 is 0 Å². The lowest BCUT2D eigenvalue weighted by Gasteiger charge is -2.28. The van der Waals surface area contributed by atoms with Crippen molar-refractivity contribution in [3.8, 4) is 0 Å². The van der Waals surface area contributed by atoms with Crippen molar-refractivity contribution in [2.45, 2.75) is 38.3 Å². The number of nitrogens with one attached hydrogen (secondary N) is 2. The van der Waals surface area contributed by atoms with Crippen LogP contribution in [0, 0.1) is 5.92 Å². The molecule has 98 valence electrons. The first-order valence-corrected chi connectivity index (χ1v) is 5.94. The predicted molar refractivity (Wildman–Crippen MR) is 61.5 cm³/mol. The van der Waals surface area contributed by atoms with Crippen LogP contribution in [0.3, 0.4) is 0 Å². The van der Waals surface area contributed by atoms with Crippen molar-refractivity contribution in [2.75, 3.05) is 13.1 Å². The maximum Gasteiger partial charge on any atom is 0.332 e. The lowest BCUT2D eigenvalue weighted by molar-refractivity contribution is -0.147. The number of carbonyl (C=O) groups is 2. The van der Waals surface area contributed by atoms with Gasteiger partial charge in [0.25, 0.3) is 0 Å². The number of hydrogen-bond acceptors (Lipinski definition) is 4. The van der Waals surface area contributed by atoms with Crippen LogP contribution in [-0.2, 0) is 9.59 Å². The van der Waals surface area contributed by atoms with Crippen LogP contribution in [0.2, 0.25) is 0 Å². The third-order valence-corrected chi connectivity index (χ3v) is 3.05. The Kier molecular flexibility index (Phi) is 5.37. The molecule has 0 aromatic heterocycles. The van der Waals surface area contributed by atoms with Crippen molar-refractivity contribution in [1.29, 1.82) is 0 Å². The van der Waals surface area contributed by atoms with Gasteiger partial charge in [-0.3, -0.25) is 4.79 Å². The molecule has 1 aliphatic heterocycles. The van der Waals surface area contributed by atoms with E-state index in [2.05, 4.69) is 10.6 Å². The van der Waals surface area contributed by atoms with E-state index >= 15 is 0 Å². The molecule has 1 saturated heterocycles. The van der Waals surface area contributed by atoms with Gasteiger partial charge in [-0.25, -0.2) is 4.79 Å². The Balaban J connectivity index is 2.26. The Labute approximate surface area is 100 Å². The number of aliphatic hydroxyl groups excluding tert-OH is 1. The quantitative estimate of drug-likeness (QED) is 0.514. The summed E-state index contributed by atoms with van der Waals surface area (Å²) < 4.78 is 0. The van der Waals surface area contributed by atoms with Crippen molar-refractivity contribution in [2.24, 2.45) is 5.92 Å². The second-order valence-corrected chi connectivity index (χ2v) is 4.49. The first kappa shape index (κ1) is 13.9. The summed E-state index contributed by atoms with van der Waals surface area (Å²) >= 11 is 0. The zero-order chi connectivity index (χ0) is 12.8. The number of amides is 1. The Morgan fingerprint density at radius 3 is 2.82 bits per heavy atom. The molecule has 0 saturated carbocycles. The summed E-state index contributed by atoms with van der Waals surface area (Å²) in [6, 6.07) is -0.203. The van der Waals surface area contributed by atoms with Gasteiger partial charge in [-0.05, 0) is 25.3 Å². The summed E-state index contributed by atoms with van der Waals surface area (Å²) in [4.78, 5) is 22.1. The fourth-order valence-electron chi connectivity index (χ4n) is 1.97. The Bertz CT molecular complexity index is 283. The minimum absolute atomic E-state index is 0.0299. The van der Waals surface area contributed by atoms with Gasteiger partial charge >= 0.3 is 5.97 Å². The molecule has 4 N–H and O–H groups in total. The number of carboxylic acids is 1. The lowest BCUT2D eigenvalue weighted by atomic mass is 9.92. The average molecular weight is 244 g/mol. The average Bonchev–Trinajstić information content (AvgIpc) is 2.29. The van der Waals surface area contributed by atoms with E-state index < -0.39 is 12.1 Å². The highest BCUT2D eigenvalue weighted by Crippen LogP contribution is 2.15. The highest BCUT2D eigenvalue weighted by Gasteiger charge is 2.27. The minimum atomic E-state index is -1.41. The summed E-state index contributed by atoms with van der Waals surface area (Å²) in [6.45, 7) is 3.03. The molecule has 6 nitrogen and oxygen atoms in total. The third-order valence-electron chi connectivity index (χ3n) is 3.05. The van der Waals surface area contributed by atoms with Gasteiger partial charge in [0, 0.05) is 13.0 Å². The van der Waals surface area contributed by atoms with E-state index in [0.717, 1.165) is 19.4 Å². The SMILES string of the molecule is CC1CCCNC1C(=O)NCC[C@H](O)C(=O)O.